The largest absolute Gasteiger partial charge is 0.390 e. The molecule has 1 aromatic heterocycles. The lowest BCUT2D eigenvalue weighted by Gasteiger charge is -1.91. The Morgan fingerprint density at radius 2 is 2.56 bits per heavy atom. The molecule has 1 aromatic rings. The fourth-order valence-corrected chi connectivity index (χ4v) is 0.889. The van der Waals surface area contributed by atoms with Crippen LogP contribution in [-0.2, 0) is 13.7 Å². The minimum Gasteiger partial charge on any atom is -0.390 e. The van der Waals surface area contributed by atoms with Crippen LogP contribution < -0.4 is 0 Å². The molecule has 0 aliphatic heterocycles. The van der Waals surface area contributed by atoms with Crippen molar-refractivity contribution in [1.82, 2.24) is 9.55 Å². The molecule has 0 bridgehead atoms. The van der Waals surface area contributed by atoms with Gasteiger partial charge in [-0.25, -0.2) is 4.98 Å². The van der Waals surface area contributed by atoms with Crippen molar-refractivity contribution < 1.29 is 5.11 Å². The Morgan fingerprint density at radius 3 is 2.78 bits per heavy atom. The van der Waals surface area contributed by atoms with Crippen molar-refractivity contribution in [3.8, 4) is 0 Å². The van der Waals surface area contributed by atoms with E-state index >= 15 is 0 Å². The number of aryl methyl sites for hydroxylation is 1. The van der Waals surface area contributed by atoms with Gasteiger partial charge in [0.1, 0.15) is 4.60 Å². The molecule has 3 nitrogen and oxygen atoms in total. The molecule has 0 spiro atoms. The molecule has 0 unspecified atom stereocenters. The Hall–Kier alpha value is -0.350. The molecule has 0 saturated heterocycles. The van der Waals surface area contributed by atoms with Crippen LogP contribution >= 0.6 is 15.9 Å². The van der Waals surface area contributed by atoms with Gasteiger partial charge in [0.05, 0.1) is 18.6 Å². The van der Waals surface area contributed by atoms with E-state index in [0.717, 1.165) is 4.60 Å². The summed E-state index contributed by atoms with van der Waals surface area (Å²) in [5.41, 5.74) is 0.678. The molecule has 0 aliphatic carbocycles. The lowest BCUT2D eigenvalue weighted by molar-refractivity contribution is 0.276. The number of nitrogens with zero attached hydrogens (tertiary/aromatic N) is 2. The normalized spacial score (nSPS) is 10.1. The minimum atomic E-state index is -0.0125. The number of halogens is 1. The maximum absolute atomic E-state index is 8.63. The van der Waals surface area contributed by atoms with Crippen molar-refractivity contribution in [3.05, 3.63) is 16.6 Å². The second kappa shape index (κ2) is 2.49. The fourth-order valence-electron chi connectivity index (χ4n) is 0.570. The third kappa shape index (κ3) is 1.14. The molecule has 0 saturated carbocycles. The molecule has 0 aliphatic rings. The summed E-state index contributed by atoms with van der Waals surface area (Å²) in [7, 11) is 1.86. The van der Waals surface area contributed by atoms with Crippen molar-refractivity contribution in [2.45, 2.75) is 6.61 Å². The Labute approximate surface area is 61.5 Å². The van der Waals surface area contributed by atoms with Crippen LogP contribution in [0.4, 0.5) is 0 Å². The van der Waals surface area contributed by atoms with Crippen molar-refractivity contribution in [3.63, 3.8) is 0 Å². The third-order valence-electron chi connectivity index (χ3n) is 1.08. The van der Waals surface area contributed by atoms with Gasteiger partial charge in [-0.1, -0.05) is 0 Å². The summed E-state index contributed by atoms with van der Waals surface area (Å²) in [6, 6.07) is 0. The maximum atomic E-state index is 8.63. The molecule has 4 heteroatoms. The SMILES string of the molecule is Cn1cnc(CO)c1Br. The average molecular weight is 191 g/mol. The first-order valence-electron chi connectivity index (χ1n) is 2.52. The molecule has 1 heterocycles. The topological polar surface area (TPSA) is 38.0 Å². The zero-order chi connectivity index (χ0) is 6.85. The molecular weight excluding hydrogens is 184 g/mol. The van der Waals surface area contributed by atoms with E-state index < -0.39 is 0 Å². The van der Waals surface area contributed by atoms with Gasteiger partial charge in [0.25, 0.3) is 0 Å². The molecular formula is C5H7BrN2O. The van der Waals surface area contributed by atoms with Gasteiger partial charge in [-0.2, -0.15) is 0 Å². The van der Waals surface area contributed by atoms with Crippen molar-refractivity contribution in [2.24, 2.45) is 7.05 Å². The third-order valence-corrected chi connectivity index (χ3v) is 2.10. The summed E-state index contributed by atoms with van der Waals surface area (Å²) in [4.78, 5) is 3.90. The molecule has 0 aromatic carbocycles. The Balaban J connectivity index is 3.04. The van der Waals surface area contributed by atoms with Gasteiger partial charge in [-0.15, -0.1) is 0 Å². The molecule has 9 heavy (non-hydrogen) atoms. The van der Waals surface area contributed by atoms with Gasteiger partial charge in [0.2, 0.25) is 0 Å². The van der Waals surface area contributed by atoms with Gasteiger partial charge < -0.3 is 9.67 Å². The first-order valence-corrected chi connectivity index (χ1v) is 3.31. The monoisotopic (exact) mass is 190 g/mol. The van der Waals surface area contributed by atoms with Crippen LogP contribution in [0.25, 0.3) is 0 Å². The quantitative estimate of drug-likeness (QED) is 0.708. The molecule has 0 atom stereocenters. The smallest absolute Gasteiger partial charge is 0.110 e. The average Bonchev–Trinajstić information content (AvgIpc) is 2.15. The number of hydrogen-bond donors (Lipinski definition) is 1. The Bertz CT molecular complexity index is 209. The first kappa shape index (κ1) is 6.77. The van der Waals surface area contributed by atoms with E-state index in [-0.39, 0.29) is 6.61 Å². The predicted octanol–water partition coefficient (Wildman–Crippen LogP) is 0.675. The van der Waals surface area contributed by atoms with Crippen molar-refractivity contribution in [2.75, 3.05) is 0 Å². The highest BCUT2D eigenvalue weighted by Crippen LogP contribution is 2.12. The Kier molecular flexibility index (Phi) is 1.87. The van der Waals surface area contributed by atoms with Crippen molar-refractivity contribution >= 4 is 15.9 Å². The van der Waals surface area contributed by atoms with Crippen LogP contribution in [0, 0.1) is 0 Å². The second-order valence-electron chi connectivity index (χ2n) is 1.75. The van der Waals surface area contributed by atoms with Crippen LogP contribution in [0.3, 0.4) is 0 Å². The molecule has 0 amide bonds. The summed E-state index contributed by atoms with van der Waals surface area (Å²) in [6.07, 6.45) is 1.65. The highest BCUT2D eigenvalue weighted by Gasteiger charge is 2.01. The van der Waals surface area contributed by atoms with Crippen LogP contribution in [0.1, 0.15) is 5.69 Å². The van der Waals surface area contributed by atoms with Crippen LogP contribution in [0.5, 0.6) is 0 Å². The van der Waals surface area contributed by atoms with Crippen LogP contribution in [-0.4, -0.2) is 14.7 Å². The summed E-state index contributed by atoms with van der Waals surface area (Å²) < 4.78 is 2.64. The summed E-state index contributed by atoms with van der Waals surface area (Å²) in [6.45, 7) is -0.0125. The molecule has 0 fully saturated rings. The zero-order valence-corrected chi connectivity index (χ0v) is 6.59. The minimum absolute atomic E-state index is 0.0125. The van der Waals surface area contributed by atoms with Gasteiger partial charge in [-0.05, 0) is 15.9 Å². The van der Waals surface area contributed by atoms with E-state index in [2.05, 4.69) is 20.9 Å². The summed E-state index contributed by atoms with van der Waals surface area (Å²) in [5, 5.41) is 8.63. The lowest BCUT2D eigenvalue weighted by atomic mass is 10.5. The number of aliphatic hydroxyl groups excluding tert-OH is 1. The summed E-state index contributed by atoms with van der Waals surface area (Å²) in [5.74, 6) is 0. The van der Waals surface area contributed by atoms with Crippen molar-refractivity contribution in [1.29, 1.82) is 0 Å². The summed E-state index contributed by atoms with van der Waals surface area (Å²) >= 11 is 3.25. The molecule has 1 rings (SSSR count). The molecule has 1 N–H and O–H groups in total. The van der Waals surface area contributed by atoms with Gasteiger partial charge >= 0.3 is 0 Å². The van der Waals surface area contributed by atoms with Crippen LogP contribution in [0.2, 0.25) is 0 Å². The van der Waals surface area contributed by atoms with Gasteiger partial charge in [0, 0.05) is 7.05 Å². The highest BCUT2D eigenvalue weighted by molar-refractivity contribution is 9.10. The number of hydrogen-bond acceptors (Lipinski definition) is 2. The Morgan fingerprint density at radius 1 is 1.89 bits per heavy atom. The molecule has 50 valence electrons. The predicted molar refractivity (Wildman–Crippen MR) is 36.8 cm³/mol. The van der Waals surface area contributed by atoms with Gasteiger partial charge in [-0.3, -0.25) is 0 Å². The maximum Gasteiger partial charge on any atom is 0.110 e. The van der Waals surface area contributed by atoms with E-state index in [1.807, 2.05) is 7.05 Å². The van der Waals surface area contributed by atoms with E-state index in [4.69, 9.17) is 5.11 Å². The standard InChI is InChI=1S/C5H7BrN2O/c1-8-3-7-4(2-9)5(8)6/h3,9H,2H2,1H3. The van der Waals surface area contributed by atoms with E-state index in [9.17, 15) is 0 Å². The van der Waals surface area contributed by atoms with E-state index in [1.165, 1.54) is 0 Å². The van der Waals surface area contributed by atoms with Crippen LogP contribution in [0.15, 0.2) is 10.9 Å². The van der Waals surface area contributed by atoms with E-state index in [1.54, 1.807) is 10.9 Å². The number of rotatable bonds is 1. The zero-order valence-electron chi connectivity index (χ0n) is 5.00. The molecule has 0 radical (unpaired) electrons. The highest BCUT2D eigenvalue weighted by atomic mass is 79.9. The van der Waals surface area contributed by atoms with E-state index in [0.29, 0.717) is 5.69 Å². The van der Waals surface area contributed by atoms with Gasteiger partial charge in [0.15, 0.2) is 0 Å². The number of aliphatic hydroxyl groups is 1. The second-order valence-corrected chi connectivity index (χ2v) is 2.50. The number of imidazole rings is 1. The fraction of sp³-hybridized carbons (Fsp3) is 0.400. The first-order chi connectivity index (χ1) is 4.25. The lowest BCUT2D eigenvalue weighted by Crippen LogP contribution is -1.86. The number of aromatic nitrogens is 2.